The Morgan fingerprint density at radius 2 is 0.978 bits per heavy atom. The average molecular weight is 1280 g/mol. The summed E-state index contributed by atoms with van der Waals surface area (Å²) in [6.45, 7) is 14.6. The van der Waals surface area contributed by atoms with Crippen molar-refractivity contribution in [3.05, 3.63) is 131 Å². The first-order chi connectivity index (χ1) is 43.1. The lowest BCUT2D eigenvalue weighted by molar-refractivity contribution is -0.129. The van der Waals surface area contributed by atoms with Crippen LogP contribution >= 0.6 is 23.2 Å². The summed E-state index contributed by atoms with van der Waals surface area (Å²) in [7, 11) is 5.85. The number of nitrogen functional groups attached to an aromatic ring is 1. The highest BCUT2D eigenvalue weighted by Crippen LogP contribution is 2.47. The van der Waals surface area contributed by atoms with Gasteiger partial charge in [-0.1, -0.05) is 36.5 Å². The number of nitrogens with two attached hydrogens (primary N) is 3. The Hall–Kier alpha value is -7.84. The number of allylic oxidation sites excluding steroid dienone is 3. The van der Waals surface area contributed by atoms with Gasteiger partial charge in [0, 0.05) is 100 Å². The van der Waals surface area contributed by atoms with Gasteiger partial charge in [-0.3, -0.25) is 14.4 Å². The molecule has 5 heterocycles. The van der Waals surface area contributed by atoms with Gasteiger partial charge >= 0.3 is 0 Å². The van der Waals surface area contributed by atoms with Crippen molar-refractivity contribution in [3.8, 4) is 0 Å². The highest BCUT2D eigenvalue weighted by atomic mass is 35.5. The first-order valence-electron chi connectivity index (χ1n) is 30.4. The molecule has 6 aliphatic carbocycles. The number of benzene rings is 2. The molecule has 3 amide bonds. The van der Waals surface area contributed by atoms with Crippen LogP contribution in [0.25, 0.3) is 0 Å². The fourth-order valence-corrected chi connectivity index (χ4v) is 14.1. The van der Waals surface area contributed by atoms with Crippen LogP contribution in [0.4, 0.5) is 59.3 Å². The summed E-state index contributed by atoms with van der Waals surface area (Å²) in [5.41, 5.74) is 23.5. The molecule has 22 nitrogen and oxygen atoms in total. The third-order valence-corrected chi connectivity index (χ3v) is 18.8. The number of rotatable bonds is 15. The molecule has 0 radical (unpaired) electrons. The highest BCUT2D eigenvalue weighted by molar-refractivity contribution is 6.28. The molecule has 2 aliphatic heterocycles. The normalized spacial score (nSPS) is 27.0. The number of nitrogens with one attached hydrogen (secondary N) is 5. The number of ether oxygens (including phenoxy) is 1. The summed E-state index contributed by atoms with van der Waals surface area (Å²) in [6.07, 6.45) is 17.6. The van der Waals surface area contributed by atoms with Crippen molar-refractivity contribution in [1.29, 1.82) is 0 Å². The van der Waals surface area contributed by atoms with Crippen LogP contribution in [0.1, 0.15) is 37.3 Å². The number of anilines is 8. The number of aryl methyl sites for hydroxylation is 2. The molecule has 3 saturated carbocycles. The van der Waals surface area contributed by atoms with Gasteiger partial charge in [-0.25, -0.2) is 28.1 Å². The average Bonchev–Trinajstić information content (AvgIpc) is 1.69. The van der Waals surface area contributed by atoms with Crippen LogP contribution in [0.15, 0.2) is 91.4 Å². The van der Waals surface area contributed by atoms with Gasteiger partial charge in [0.2, 0.25) is 34.2 Å². The Morgan fingerprint density at radius 1 is 0.578 bits per heavy atom. The molecule has 27 heteroatoms. The quantitative estimate of drug-likeness (QED) is 0.0223. The Bertz CT molecular complexity index is 3500. The maximum atomic E-state index is 14.5. The lowest BCUT2D eigenvalue weighted by Gasteiger charge is -2.35. The van der Waals surface area contributed by atoms with E-state index < -0.39 is 17.5 Å². The zero-order valence-corrected chi connectivity index (χ0v) is 52.7. The number of primary amides is 2. The number of piperazine rings is 2. The highest BCUT2D eigenvalue weighted by Gasteiger charge is 2.50. The molecular formula is C63H79Cl2F3N18O4. The topological polar surface area (TPSA) is 289 Å². The van der Waals surface area contributed by atoms with Crippen LogP contribution < -0.4 is 53.6 Å². The summed E-state index contributed by atoms with van der Waals surface area (Å²) in [5, 5.41) is 15.0. The Morgan fingerprint density at radius 3 is 1.41 bits per heavy atom. The molecule has 13 atom stereocenters. The number of fused-ring (bicyclic) bond motifs is 6. The number of hydrogen-bond donors (Lipinski definition) is 8. The van der Waals surface area contributed by atoms with Crippen LogP contribution in [-0.2, 0) is 19.1 Å². The van der Waals surface area contributed by atoms with Crippen molar-refractivity contribution in [2.24, 2.45) is 64.7 Å². The summed E-state index contributed by atoms with van der Waals surface area (Å²) < 4.78 is 47.1. The molecule has 0 spiro atoms. The molecule has 8 aliphatic rings. The van der Waals surface area contributed by atoms with E-state index in [1.165, 1.54) is 24.0 Å². The zero-order valence-electron chi connectivity index (χ0n) is 51.2. The van der Waals surface area contributed by atoms with Crippen LogP contribution in [0.5, 0.6) is 0 Å². The predicted octanol–water partition coefficient (Wildman–Crippen LogP) is 7.17. The maximum absolute atomic E-state index is 14.5. The number of halogens is 5. The molecular weight excluding hydrogens is 1200 g/mol. The zero-order chi connectivity index (χ0) is 64.1. The third kappa shape index (κ3) is 15.1. The fourth-order valence-electron chi connectivity index (χ4n) is 13.8. The van der Waals surface area contributed by atoms with E-state index in [-0.39, 0.29) is 123 Å². The number of carbonyl (C=O) groups is 3. The number of aromatic nitrogens is 6. The van der Waals surface area contributed by atoms with E-state index >= 15 is 0 Å². The van der Waals surface area contributed by atoms with Gasteiger partial charge < -0.3 is 68.1 Å². The molecule has 11 N–H and O–H groups in total. The second-order valence-corrected chi connectivity index (χ2v) is 25.1. The van der Waals surface area contributed by atoms with E-state index in [2.05, 4.69) is 134 Å². The number of amides is 3. The van der Waals surface area contributed by atoms with Crippen LogP contribution in [-0.4, -0.2) is 155 Å². The van der Waals surface area contributed by atoms with Gasteiger partial charge in [0.05, 0.1) is 36.3 Å². The number of hydrogen-bond acceptors (Lipinski definition) is 19. The van der Waals surface area contributed by atoms with E-state index in [1.807, 2.05) is 42.5 Å². The van der Waals surface area contributed by atoms with E-state index in [0.717, 1.165) is 107 Å². The molecule has 13 rings (SSSR count). The van der Waals surface area contributed by atoms with Crippen LogP contribution in [0, 0.1) is 84.6 Å². The smallest absolute Gasteiger partial charge is 0.229 e. The van der Waals surface area contributed by atoms with Gasteiger partial charge in [0.25, 0.3) is 0 Å². The minimum Gasteiger partial charge on any atom is -0.399 e. The van der Waals surface area contributed by atoms with Gasteiger partial charge in [0.1, 0.15) is 6.23 Å². The molecule has 5 aromatic rings. The van der Waals surface area contributed by atoms with Crippen molar-refractivity contribution in [1.82, 2.24) is 45.0 Å². The molecule has 2 saturated heterocycles. The number of methoxy groups -OCH3 is 1. The molecule has 90 heavy (non-hydrogen) atoms. The second kappa shape index (κ2) is 28.5. The van der Waals surface area contributed by atoms with Gasteiger partial charge in [-0.15, -0.1) is 0 Å². The molecule has 2 unspecified atom stereocenters. The lowest BCUT2D eigenvalue weighted by Crippen LogP contribution is -2.46. The van der Waals surface area contributed by atoms with Crippen molar-refractivity contribution >= 4 is 87.1 Å². The van der Waals surface area contributed by atoms with E-state index in [1.54, 1.807) is 6.92 Å². The monoisotopic (exact) mass is 1280 g/mol. The van der Waals surface area contributed by atoms with Crippen LogP contribution in [0.2, 0.25) is 10.6 Å². The Labute approximate surface area is 532 Å². The molecule has 3 aromatic heterocycles. The van der Waals surface area contributed by atoms with Gasteiger partial charge in [0.15, 0.2) is 34.9 Å². The summed E-state index contributed by atoms with van der Waals surface area (Å²) in [4.78, 5) is 68.9. The predicted molar refractivity (Wildman–Crippen MR) is 343 cm³/mol. The Kier molecular flexibility index (Phi) is 20.7. The second-order valence-electron chi connectivity index (χ2n) is 24.4. The summed E-state index contributed by atoms with van der Waals surface area (Å²) >= 11 is 11.4. The minimum atomic E-state index is -0.598. The first-order valence-corrected chi connectivity index (χ1v) is 31.1. The van der Waals surface area contributed by atoms with E-state index in [4.69, 9.17) is 45.1 Å². The van der Waals surface area contributed by atoms with Crippen molar-refractivity contribution in [2.75, 3.05) is 110 Å². The number of nitrogens with zero attached hydrogens (tertiary/aromatic N) is 10. The molecule has 2 aromatic carbocycles. The molecule has 480 valence electrons. The maximum Gasteiger partial charge on any atom is 0.229 e. The Balaban J connectivity index is 0.000000138. The largest absolute Gasteiger partial charge is 0.399 e. The van der Waals surface area contributed by atoms with E-state index in [0.29, 0.717) is 5.95 Å². The van der Waals surface area contributed by atoms with Crippen LogP contribution in [0.3, 0.4) is 0 Å². The lowest BCUT2D eigenvalue weighted by atomic mass is 9.88. The fraction of sp³-hybridized carbons (Fsp3) is 0.476. The van der Waals surface area contributed by atoms with Crippen molar-refractivity contribution in [2.45, 2.75) is 64.4 Å². The molecule has 5 fully saturated rings. The van der Waals surface area contributed by atoms with Crippen molar-refractivity contribution in [3.63, 3.8) is 0 Å². The standard InChI is InChI=1S/C24H30FN7O.C15H18ClFN4O2.C12H12ClFN4O.C12H19N3/c1-14-11-17(5-6-19(14)32-9-7-31(2)8-10-32)28-24-27-13-18(25)23(30-24)29-21-16-4-3-15(12-16)20(21)22(26)33;1-7(23-2)19-14(22)11-8-3-4-9(5-8)12(11)20-13-10(17)6-18-15(16)21-13;13-12-16-4-7(14)11(18-12)17-9-6-2-1-5(3-6)8(9)10(15)19;1-10-9-11(13)3-4-12(10)15-7-5-14(2)6-8-15/h3-6,11,13,15-16,20-21H,7-10,12H2,1-2H3,(H2,26,33)(H2,27,28,29,30);3-4,6-9,11-12H,5H2,1-2H3,(H,19,22)(H,18,20,21);1-2,4-6,8-9H,3H2,(H2,15,19)(H,16,17,18);3-4,9H,5-8,13H2,1-2H3/t15-,16+,20+,21-;7-,8-,9+,11?,12-;5-,6+,8?,9-;/m000./s1. The van der Waals surface area contributed by atoms with Crippen molar-refractivity contribution < 1.29 is 32.3 Å². The molecule has 6 bridgehead atoms. The third-order valence-electron chi connectivity index (χ3n) is 18.5. The summed E-state index contributed by atoms with van der Waals surface area (Å²) in [5.74, 6) is -2.41. The van der Waals surface area contributed by atoms with Gasteiger partial charge in [-0.05, 0) is 160 Å². The van der Waals surface area contributed by atoms with E-state index in [9.17, 15) is 27.6 Å². The summed E-state index contributed by atoms with van der Waals surface area (Å²) in [6, 6.07) is 11.6. The SMILES string of the molecule is CO[C@@H](C)NC(=O)C1[C@@H](Nc2nc(Cl)ncc2F)[C@@H]2C=C[C@H]1C2.Cc1cc(N)ccc1N1CCN(C)CC1.Cc1cc(Nc2ncc(F)c(N[C@@H]3[C@H](C(N)=O)[C@H]4C=C[C@@H]3C4)n2)ccc1N1CCN(C)CC1.NC(=O)C1[C@@H](Nc2nc(Cl)ncc2F)[C@@H]2C=C[C@H]1C2. The number of carbonyl (C=O) groups excluding carboxylic acids is 3. The minimum absolute atomic E-state index is 0.0113. The number of likely N-dealkylation sites (N-methyl/N-ethyl adjacent to an activating group) is 2. The van der Waals surface area contributed by atoms with Gasteiger partial charge in [-0.2, -0.15) is 15.0 Å². The first kappa shape index (κ1) is 65.1.